The summed E-state index contributed by atoms with van der Waals surface area (Å²) < 4.78 is 6.26. The fourth-order valence-electron chi connectivity index (χ4n) is 1.43. The number of aromatic carboxylic acids is 1. The first-order chi connectivity index (χ1) is 9.11. The normalized spacial score (nSPS) is 9.68. The molecule has 0 amide bonds. The molecule has 94 valence electrons. The number of carboxylic acids is 1. The molecule has 0 spiro atoms. The molecule has 0 bridgehead atoms. The third-order valence-corrected chi connectivity index (χ3v) is 2.94. The van der Waals surface area contributed by atoms with E-state index in [1.54, 1.807) is 24.3 Å². The lowest BCUT2D eigenvalue weighted by Gasteiger charge is -2.09. The Morgan fingerprint density at radius 1 is 1.37 bits per heavy atom. The Balaban J connectivity index is 2.44. The number of nitrogens with zero attached hydrogens (tertiary/aromatic N) is 2. The highest BCUT2D eigenvalue weighted by molar-refractivity contribution is 14.1. The van der Waals surface area contributed by atoms with E-state index in [0.717, 1.165) is 3.57 Å². The first-order valence-electron chi connectivity index (χ1n) is 5.17. The topological polar surface area (TPSA) is 83.2 Å². The average Bonchev–Trinajstić information content (AvgIpc) is 2.41. The van der Waals surface area contributed by atoms with Gasteiger partial charge in [0.25, 0.3) is 0 Å². The van der Waals surface area contributed by atoms with Crippen molar-refractivity contribution in [2.24, 2.45) is 0 Å². The molecule has 0 aliphatic heterocycles. The molecular formula is C13H7IN2O3. The number of pyridine rings is 1. The molecule has 0 atom stereocenters. The first-order valence-corrected chi connectivity index (χ1v) is 6.25. The van der Waals surface area contributed by atoms with E-state index in [0.29, 0.717) is 0 Å². The summed E-state index contributed by atoms with van der Waals surface area (Å²) in [6.45, 7) is 0. The van der Waals surface area contributed by atoms with Gasteiger partial charge in [0.15, 0.2) is 11.4 Å². The summed E-state index contributed by atoms with van der Waals surface area (Å²) >= 11 is 2.02. The molecular weight excluding hydrogens is 359 g/mol. The van der Waals surface area contributed by atoms with Gasteiger partial charge in [-0.2, -0.15) is 5.26 Å². The first kappa shape index (κ1) is 13.3. The van der Waals surface area contributed by atoms with Crippen molar-refractivity contribution in [1.29, 1.82) is 5.26 Å². The van der Waals surface area contributed by atoms with Crippen LogP contribution in [0, 0.1) is 14.9 Å². The standard InChI is InChI=1S/C13H7IN2O3/c14-8-3-4-11(9(6-8)13(17)18)19-12-2-1-5-16-10(12)7-15/h1-6H,(H,17,18). The van der Waals surface area contributed by atoms with E-state index in [-0.39, 0.29) is 22.8 Å². The maximum absolute atomic E-state index is 11.2. The van der Waals surface area contributed by atoms with Crippen LogP contribution in [0.25, 0.3) is 0 Å². The highest BCUT2D eigenvalue weighted by atomic mass is 127. The van der Waals surface area contributed by atoms with E-state index in [1.807, 2.05) is 28.7 Å². The second-order valence-electron chi connectivity index (χ2n) is 3.51. The number of carboxylic acid groups (broad SMARTS) is 1. The Labute approximate surface area is 122 Å². The molecule has 1 N–H and O–H groups in total. The van der Waals surface area contributed by atoms with E-state index in [9.17, 15) is 4.79 Å². The zero-order chi connectivity index (χ0) is 13.8. The minimum absolute atomic E-state index is 0.0413. The van der Waals surface area contributed by atoms with Crippen LogP contribution in [-0.2, 0) is 0 Å². The van der Waals surface area contributed by atoms with Gasteiger partial charge < -0.3 is 9.84 Å². The van der Waals surface area contributed by atoms with Crippen LogP contribution in [-0.4, -0.2) is 16.1 Å². The molecule has 1 aromatic carbocycles. The molecule has 0 unspecified atom stereocenters. The number of ether oxygens (including phenoxy) is 1. The maximum atomic E-state index is 11.2. The van der Waals surface area contributed by atoms with E-state index in [1.165, 1.54) is 12.3 Å². The van der Waals surface area contributed by atoms with Crippen LogP contribution >= 0.6 is 22.6 Å². The molecule has 19 heavy (non-hydrogen) atoms. The molecule has 5 nitrogen and oxygen atoms in total. The summed E-state index contributed by atoms with van der Waals surface area (Å²) in [4.78, 5) is 15.0. The highest BCUT2D eigenvalue weighted by Crippen LogP contribution is 2.28. The predicted molar refractivity (Wildman–Crippen MR) is 75.1 cm³/mol. The van der Waals surface area contributed by atoms with Crippen LogP contribution in [0.5, 0.6) is 11.5 Å². The molecule has 0 aliphatic carbocycles. The third kappa shape index (κ3) is 3.00. The molecule has 0 fully saturated rings. The van der Waals surface area contributed by atoms with E-state index < -0.39 is 5.97 Å². The van der Waals surface area contributed by atoms with Gasteiger partial charge >= 0.3 is 5.97 Å². The van der Waals surface area contributed by atoms with E-state index >= 15 is 0 Å². The molecule has 6 heteroatoms. The molecule has 1 aromatic heterocycles. The minimum atomic E-state index is -1.09. The van der Waals surface area contributed by atoms with Crippen molar-refractivity contribution >= 4 is 28.6 Å². The van der Waals surface area contributed by atoms with Gasteiger partial charge in [-0.3, -0.25) is 0 Å². The Hall–Kier alpha value is -2.14. The molecule has 2 aromatic rings. The van der Waals surface area contributed by atoms with E-state index in [4.69, 9.17) is 15.1 Å². The second kappa shape index (κ2) is 5.67. The Morgan fingerprint density at radius 2 is 2.16 bits per heavy atom. The molecule has 2 rings (SSSR count). The quantitative estimate of drug-likeness (QED) is 0.845. The number of benzene rings is 1. The maximum Gasteiger partial charge on any atom is 0.339 e. The fourth-order valence-corrected chi connectivity index (χ4v) is 1.92. The highest BCUT2D eigenvalue weighted by Gasteiger charge is 2.14. The Bertz CT molecular complexity index is 680. The summed E-state index contributed by atoms with van der Waals surface area (Å²) in [5, 5.41) is 18.0. The molecule has 1 heterocycles. The van der Waals surface area contributed by atoms with Crippen molar-refractivity contribution < 1.29 is 14.6 Å². The van der Waals surface area contributed by atoms with Crippen molar-refractivity contribution in [2.75, 3.05) is 0 Å². The smallest absolute Gasteiger partial charge is 0.339 e. The third-order valence-electron chi connectivity index (χ3n) is 2.27. The summed E-state index contributed by atoms with van der Waals surface area (Å²) in [6, 6.07) is 9.85. The fraction of sp³-hybridized carbons (Fsp3) is 0. The number of rotatable bonds is 3. The summed E-state index contributed by atoms with van der Waals surface area (Å²) in [5.74, 6) is -0.679. The van der Waals surface area contributed by atoms with Crippen LogP contribution in [0.3, 0.4) is 0 Å². The van der Waals surface area contributed by atoms with Crippen molar-refractivity contribution in [3.8, 4) is 17.6 Å². The van der Waals surface area contributed by atoms with Gasteiger partial charge in [-0.1, -0.05) is 0 Å². The number of hydrogen-bond acceptors (Lipinski definition) is 4. The number of aromatic nitrogens is 1. The summed E-state index contributed by atoms with van der Waals surface area (Å²) in [7, 11) is 0. The largest absolute Gasteiger partial charge is 0.478 e. The number of halogens is 1. The van der Waals surface area contributed by atoms with Gasteiger partial charge in [-0.05, 0) is 52.9 Å². The van der Waals surface area contributed by atoms with Crippen molar-refractivity contribution in [1.82, 2.24) is 4.98 Å². The molecule has 0 aliphatic rings. The lowest BCUT2D eigenvalue weighted by molar-refractivity contribution is 0.0694. The van der Waals surface area contributed by atoms with Crippen LogP contribution in [0.1, 0.15) is 16.1 Å². The predicted octanol–water partition coefficient (Wildman–Crippen LogP) is 3.05. The van der Waals surface area contributed by atoms with Crippen molar-refractivity contribution in [2.45, 2.75) is 0 Å². The average molecular weight is 366 g/mol. The molecule has 0 saturated heterocycles. The Kier molecular flexibility index (Phi) is 3.97. The van der Waals surface area contributed by atoms with Crippen LogP contribution in [0.4, 0.5) is 0 Å². The SMILES string of the molecule is N#Cc1ncccc1Oc1ccc(I)cc1C(=O)O. The van der Waals surface area contributed by atoms with Gasteiger partial charge in [0.1, 0.15) is 17.4 Å². The number of carbonyl (C=O) groups is 1. The lowest BCUT2D eigenvalue weighted by Crippen LogP contribution is -2.01. The van der Waals surface area contributed by atoms with E-state index in [2.05, 4.69) is 4.98 Å². The zero-order valence-electron chi connectivity index (χ0n) is 9.50. The number of nitriles is 1. The van der Waals surface area contributed by atoms with Gasteiger partial charge in [-0.15, -0.1) is 0 Å². The lowest BCUT2D eigenvalue weighted by atomic mass is 10.2. The molecule has 0 radical (unpaired) electrons. The summed E-state index contributed by atoms with van der Waals surface area (Å²) in [6.07, 6.45) is 1.47. The minimum Gasteiger partial charge on any atom is -0.478 e. The van der Waals surface area contributed by atoms with Gasteiger partial charge in [0.05, 0.1) is 0 Å². The van der Waals surface area contributed by atoms with Gasteiger partial charge in [0.2, 0.25) is 0 Å². The van der Waals surface area contributed by atoms with Crippen molar-refractivity contribution in [3.05, 3.63) is 51.4 Å². The number of hydrogen-bond donors (Lipinski definition) is 1. The van der Waals surface area contributed by atoms with Crippen LogP contribution < -0.4 is 4.74 Å². The second-order valence-corrected chi connectivity index (χ2v) is 4.76. The monoisotopic (exact) mass is 366 g/mol. The van der Waals surface area contributed by atoms with Crippen LogP contribution in [0.15, 0.2) is 36.5 Å². The van der Waals surface area contributed by atoms with Gasteiger partial charge in [-0.25, -0.2) is 9.78 Å². The molecule has 0 saturated carbocycles. The summed E-state index contributed by atoms with van der Waals surface area (Å²) in [5.41, 5.74) is 0.150. The Morgan fingerprint density at radius 3 is 2.84 bits per heavy atom. The van der Waals surface area contributed by atoms with Gasteiger partial charge in [0, 0.05) is 9.77 Å². The van der Waals surface area contributed by atoms with Crippen molar-refractivity contribution in [3.63, 3.8) is 0 Å². The zero-order valence-corrected chi connectivity index (χ0v) is 11.7. The van der Waals surface area contributed by atoms with Crippen LogP contribution in [0.2, 0.25) is 0 Å².